The monoisotopic (exact) mass is 466 g/mol. The number of carbonyl (C=O) groups excluding carboxylic acids is 2. The second-order valence-electron chi connectivity index (χ2n) is 7.95. The Morgan fingerprint density at radius 2 is 1.97 bits per heavy atom. The Labute approximate surface area is 195 Å². The Morgan fingerprint density at radius 3 is 2.74 bits per heavy atom. The number of aromatic nitrogens is 2. The molecule has 0 saturated heterocycles. The van der Waals surface area contributed by atoms with Crippen LogP contribution in [0.25, 0.3) is 10.9 Å². The first kappa shape index (κ1) is 23.1. The summed E-state index contributed by atoms with van der Waals surface area (Å²) < 4.78 is 17.4. The van der Waals surface area contributed by atoms with Crippen molar-refractivity contribution in [2.45, 2.75) is 32.4 Å². The number of fused-ring (bicyclic) bond motifs is 2. The molecule has 3 aromatic rings. The van der Waals surface area contributed by atoms with Crippen LogP contribution in [-0.4, -0.2) is 42.2 Å². The molecule has 10 nitrogen and oxygen atoms in total. The van der Waals surface area contributed by atoms with Crippen molar-refractivity contribution in [3.8, 4) is 17.2 Å². The van der Waals surface area contributed by atoms with Crippen LogP contribution in [0.1, 0.15) is 31.4 Å². The molecule has 1 atom stereocenters. The van der Waals surface area contributed by atoms with Gasteiger partial charge in [0.05, 0.1) is 43.2 Å². The standard InChI is InChI=1S/C24H26N4O6/c1-14(15-6-7-19-18(9-15)27-23(30)12-34-19)26-22(29)5-4-8-28-13-25-17-11-21(33-3)20(32-2)10-16(17)24(28)31/h6-7,9-11,13-14H,4-5,8,12H2,1-3H3,(H,26,29)(H,27,30). The fourth-order valence-corrected chi connectivity index (χ4v) is 3.82. The summed E-state index contributed by atoms with van der Waals surface area (Å²) in [5, 5.41) is 6.13. The van der Waals surface area contributed by atoms with Gasteiger partial charge in [0.1, 0.15) is 5.75 Å². The van der Waals surface area contributed by atoms with E-state index in [1.54, 1.807) is 24.3 Å². The van der Waals surface area contributed by atoms with Gasteiger partial charge in [0.2, 0.25) is 5.91 Å². The first-order chi connectivity index (χ1) is 16.4. The molecule has 10 heteroatoms. The van der Waals surface area contributed by atoms with Gasteiger partial charge in [0.15, 0.2) is 18.1 Å². The first-order valence-corrected chi connectivity index (χ1v) is 10.9. The zero-order valence-electron chi connectivity index (χ0n) is 19.2. The van der Waals surface area contributed by atoms with Crippen LogP contribution in [-0.2, 0) is 16.1 Å². The van der Waals surface area contributed by atoms with Gasteiger partial charge >= 0.3 is 0 Å². The van der Waals surface area contributed by atoms with Crippen molar-refractivity contribution < 1.29 is 23.8 Å². The van der Waals surface area contributed by atoms with E-state index in [1.807, 2.05) is 13.0 Å². The van der Waals surface area contributed by atoms with E-state index in [1.165, 1.54) is 25.1 Å². The highest BCUT2D eigenvalue weighted by molar-refractivity contribution is 5.95. The van der Waals surface area contributed by atoms with Crippen molar-refractivity contribution in [1.82, 2.24) is 14.9 Å². The number of hydrogen-bond acceptors (Lipinski definition) is 7. The maximum absolute atomic E-state index is 12.9. The van der Waals surface area contributed by atoms with Crippen molar-refractivity contribution in [3.05, 3.63) is 52.6 Å². The summed E-state index contributed by atoms with van der Waals surface area (Å²) in [7, 11) is 3.03. The summed E-state index contributed by atoms with van der Waals surface area (Å²) in [6, 6.07) is 8.43. The number of ether oxygens (including phenoxy) is 3. The number of amides is 2. The zero-order chi connectivity index (χ0) is 24.2. The van der Waals surface area contributed by atoms with Crippen LogP contribution in [0.5, 0.6) is 17.2 Å². The minimum absolute atomic E-state index is 0.00378. The Balaban J connectivity index is 1.36. The molecule has 1 aliphatic heterocycles. The van der Waals surface area contributed by atoms with Crippen LogP contribution in [0.4, 0.5) is 5.69 Å². The number of nitrogens with zero attached hydrogens (tertiary/aromatic N) is 2. The van der Waals surface area contributed by atoms with Gasteiger partial charge in [-0.1, -0.05) is 6.07 Å². The highest BCUT2D eigenvalue weighted by Gasteiger charge is 2.18. The normalized spacial score (nSPS) is 13.4. The van der Waals surface area contributed by atoms with Crippen molar-refractivity contribution in [2.75, 3.05) is 26.1 Å². The molecular formula is C24H26N4O6. The fraction of sp³-hybridized carbons (Fsp3) is 0.333. The molecule has 1 aliphatic rings. The van der Waals surface area contributed by atoms with Gasteiger partial charge in [0, 0.05) is 19.0 Å². The second kappa shape index (κ2) is 9.82. The molecule has 4 rings (SSSR count). The lowest BCUT2D eigenvalue weighted by Crippen LogP contribution is -2.28. The molecule has 1 unspecified atom stereocenters. The van der Waals surface area contributed by atoms with E-state index in [4.69, 9.17) is 14.2 Å². The summed E-state index contributed by atoms with van der Waals surface area (Å²) in [6.07, 6.45) is 2.18. The Bertz CT molecular complexity index is 1300. The Hall–Kier alpha value is -4.08. The second-order valence-corrected chi connectivity index (χ2v) is 7.95. The number of aryl methyl sites for hydroxylation is 1. The van der Waals surface area contributed by atoms with Gasteiger partial charge in [-0.25, -0.2) is 4.98 Å². The molecule has 34 heavy (non-hydrogen) atoms. The third-order valence-corrected chi connectivity index (χ3v) is 5.65. The van der Waals surface area contributed by atoms with Crippen LogP contribution in [0, 0.1) is 0 Å². The minimum Gasteiger partial charge on any atom is -0.493 e. The van der Waals surface area contributed by atoms with E-state index < -0.39 is 0 Å². The number of rotatable bonds is 8. The quantitative estimate of drug-likeness (QED) is 0.523. The molecule has 2 N–H and O–H groups in total. The number of hydrogen-bond donors (Lipinski definition) is 2. The molecular weight excluding hydrogens is 440 g/mol. The number of benzene rings is 2. The molecule has 2 heterocycles. The maximum Gasteiger partial charge on any atom is 0.262 e. The molecule has 178 valence electrons. The van der Waals surface area contributed by atoms with E-state index in [-0.39, 0.29) is 36.4 Å². The van der Waals surface area contributed by atoms with Crippen LogP contribution in [0.3, 0.4) is 0 Å². The summed E-state index contributed by atoms with van der Waals surface area (Å²) in [5.74, 6) is 1.20. The van der Waals surface area contributed by atoms with Crippen LogP contribution < -0.4 is 30.4 Å². The summed E-state index contributed by atoms with van der Waals surface area (Å²) in [6.45, 7) is 2.21. The number of nitrogens with one attached hydrogen (secondary N) is 2. The van der Waals surface area contributed by atoms with Crippen molar-refractivity contribution in [1.29, 1.82) is 0 Å². The minimum atomic E-state index is -0.260. The average Bonchev–Trinajstić information content (AvgIpc) is 2.84. The Morgan fingerprint density at radius 1 is 1.21 bits per heavy atom. The number of anilines is 1. The lowest BCUT2D eigenvalue weighted by atomic mass is 10.1. The van der Waals surface area contributed by atoms with Crippen LogP contribution >= 0.6 is 0 Å². The average molecular weight is 466 g/mol. The number of methoxy groups -OCH3 is 2. The summed E-state index contributed by atoms with van der Waals surface area (Å²) >= 11 is 0. The van der Waals surface area contributed by atoms with Crippen LogP contribution in [0.2, 0.25) is 0 Å². The Kier molecular flexibility index (Phi) is 6.67. The highest BCUT2D eigenvalue weighted by atomic mass is 16.5. The van der Waals surface area contributed by atoms with E-state index >= 15 is 0 Å². The smallest absolute Gasteiger partial charge is 0.262 e. The van der Waals surface area contributed by atoms with Gasteiger partial charge in [-0.2, -0.15) is 0 Å². The van der Waals surface area contributed by atoms with Crippen molar-refractivity contribution in [3.63, 3.8) is 0 Å². The lowest BCUT2D eigenvalue weighted by molar-refractivity contribution is -0.122. The molecule has 2 aromatic carbocycles. The van der Waals surface area contributed by atoms with Gasteiger partial charge in [-0.05, 0) is 37.1 Å². The van der Waals surface area contributed by atoms with Crippen LogP contribution in [0.15, 0.2) is 41.5 Å². The SMILES string of the molecule is COc1cc2ncn(CCCC(=O)NC(C)c3ccc4c(c3)NC(=O)CO4)c(=O)c2cc1OC. The van der Waals surface area contributed by atoms with Gasteiger partial charge in [-0.15, -0.1) is 0 Å². The largest absolute Gasteiger partial charge is 0.493 e. The van der Waals surface area contributed by atoms with E-state index in [2.05, 4.69) is 15.6 Å². The lowest BCUT2D eigenvalue weighted by Gasteiger charge is -2.21. The van der Waals surface area contributed by atoms with Crippen molar-refractivity contribution in [2.24, 2.45) is 0 Å². The molecule has 0 fully saturated rings. The topological polar surface area (TPSA) is 121 Å². The summed E-state index contributed by atoms with van der Waals surface area (Å²) in [4.78, 5) is 41.2. The van der Waals surface area contributed by atoms with Crippen molar-refractivity contribution >= 4 is 28.4 Å². The third kappa shape index (κ3) is 4.80. The molecule has 0 saturated carbocycles. The van der Waals surface area contributed by atoms with Gasteiger partial charge in [-0.3, -0.25) is 19.0 Å². The molecule has 2 amide bonds. The van der Waals surface area contributed by atoms with E-state index in [0.717, 1.165) is 5.56 Å². The summed E-state index contributed by atoms with van der Waals surface area (Å²) in [5.41, 5.74) is 1.74. The van der Waals surface area contributed by atoms with E-state index in [9.17, 15) is 14.4 Å². The molecule has 0 spiro atoms. The van der Waals surface area contributed by atoms with Gasteiger partial charge < -0.3 is 24.8 Å². The van der Waals surface area contributed by atoms with E-state index in [0.29, 0.717) is 46.8 Å². The molecule has 0 radical (unpaired) electrons. The predicted molar refractivity (Wildman–Crippen MR) is 125 cm³/mol. The molecule has 0 aliphatic carbocycles. The zero-order valence-corrected chi connectivity index (χ0v) is 19.2. The molecule has 0 bridgehead atoms. The third-order valence-electron chi connectivity index (χ3n) is 5.65. The predicted octanol–water partition coefficient (Wildman–Crippen LogP) is 2.40. The first-order valence-electron chi connectivity index (χ1n) is 10.9. The molecule has 1 aromatic heterocycles. The number of carbonyl (C=O) groups is 2. The maximum atomic E-state index is 12.9. The van der Waals surface area contributed by atoms with Gasteiger partial charge in [0.25, 0.3) is 11.5 Å². The highest BCUT2D eigenvalue weighted by Crippen LogP contribution is 2.31. The fourth-order valence-electron chi connectivity index (χ4n) is 3.82.